The molecular formula is C36H53N5O. The summed E-state index contributed by atoms with van der Waals surface area (Å²) in [5.41, 5.74) is 4.14. The molecule has 0 bridgehead atoms. The molecule has 0 saturated carbocycles. The van der Waals surface area contributed by atoms with Crippen molar-refractivity contribution >= 4 is 16.9 Å². The van der Waals surface area contributed by atoms with Gasteiger partial charge in [-0.1, -0.05) is 72.4 Å². The SMILES string of the molecule is C1CCCNCC1.CCCCCn1c(-c2cccc(C#N)c2)nc2ccc(C(=O)N(CCC(C)C)CCC(C)C)cc21. The molecule has 1 fully saturated rings. The van der Waals surface area contributed by atoms with Crippen LogP contribution >= 0.6 is 0 Å². The lowest BCUT2D eigenvalue weighted by molar-refractivity contribution is 0.0741. The summed E-state index contributed by atoms with van der Waals surface area (Å²) >= 11 is 0. The van der Waals surface area contributed by atoms with Crippen LogP contribution < -0.4 is 5.32 Å². The highest BCUT2D eigenvalue weighted by Crippen LogP contribution is 2.28. The van der Waals surface area contributed by atoms with Crippen molar-refractivity contribution in [3.63, 3.8) is 0 Å². The molecule has 4 rings (SSSR count). The molecule has 6 heteroatoms. The van der Waals surface area contributed by atoms with Crippen molar-refractivity contribution in [2.45, 2.75) is 99.0 Å². The van der Waals surface area contributed by atoms with Gasteiger partial charge in [-0.25, -0.2) is 4.98 Å². The second-order valence-electron chi connectivity index (χ2n) is 12.5. The molecule has 6 nitrogen and oxygen atoms in total. The lowest BCUT2D eigenvalue weighted by atomic mass is 10.1. The number of amides is 1. The maximum atomic E-state index is 13.6. The highest BCUT2D eigenvalue weighted by atomic mass is 16.2. The Morgan fingerprint density at radius 1 is 0.976 bits per heavy atom. The molecule has 42 heavy (non-hydrogen) atoms. The summed E-state index contributed by atoms with van der Waals surface area (Å²) < 4.78 is 2.23. The van der Waals surface area contributed by atoms with Gasteiger partial charge in [0.25, 0.3) is 5.91 Å². The number of nitrogens with zero attached hydrogens (tertiary/aromatic N) is 4. The van der Waals surface area contributed by atoms with Crippen molar-refractivity contribution in [1.29, 1.82) is 5.26 Å². The summed E-state index contributed by atoms with van der Waals surface area (Å²) in [6.45, 7) is 15.9. The van der Waals surface area contributed by atoms with E-state index in [0.717, 1.165) is 79.7 Å². The van der Waals surface area contributed by atoms with E-state index >= 15 is 0 Å². The summed E-state index contributed by atoms with van der Waals surface area (Å²) in [6.07, 6.45) is 11.0. The van der Waals surface area contributed by atoms with E-state index in [2.05, 4.69) is 50.6 Å². The van der Waals surface area contributed by atoms with Crippen LogP contribution in [-0.2, 0) is 6.54 Å². The Balaban J connectivity index is 0.000000603. The highest BCUT2D eigenvalue weighted by Gasteiger charge is 2.20. The second kappa shape index (κ2) is 17.7. The number of aryl methyl sites for hydroxylation is 1. The second-order valence-corrected chi connectivity index (χ2v) is 12.5. The number of unbranched alkanes of at least 4 members (excludes halogenated alkanes) is 2. The lowest BCUT2D eigenvalue weighted by Gasteiger charge is -2.24. The molecule has 1 saturated heterocycles. The molecule has 1 aliphatic heterocycles. The fraction of sp³-hybridized carbons (Fsp3) is 0.583. The number of nitrogens with one attached hydrogen (secondary N) is 1. The minimum Gasteiger partial charge on any atom is -0.339 e. The van der Waals surface area contributed by atoms with Crippen LogP contribution in [0.3, 0.4) is 0 Å². The van der Waals surface area contributed by atoms with E-state index in [1.807, 2.05) is 47.4 Å². The zero-order valence-corrected chi connectivity index (χ0v) is 26.8. The largest absolute Gasteiger partial charge is 0.339 e. The van der Waals surface area contributed by atoms with Crippen molar-refractivity contribution in [2.75, 3.05) is 26.2 Å². The molecule has 1 aromatic heterocycles. The molecule has 0 unspecified atom stereocenters. The molecule has 2 heterocycles. The number of aromatic nitrogens is 2. The average Bonchev–Trinajstić information content (AvgIpc) is 3.13. The number of imidazole rings is 1. The van der Waals surface area contributed by atoms with E-state index in [-0.39, 0.29) is 5.91 Å². The van der Waals surface area contributed by atoms with Crippen LogP contribution in [0.5, 0.6) is 0 Å². The Labute approximate surface area is 254 Å². The zero-order chi connectivity index (χ0) is 30.3. The Kier molecular flexibility index (Phi) is 14.1. The molecule has 0 atom stereocenters. The molecule has 1 N–H and O–H groups in total. The molecular weight excluding hydrogens is 518 g/mol. The molecule has 2 aromatic carbocycles. The van der Waals surface area contributed by atoms with Crippen LogP contribution in [0, 0.1) is 23.2 Å². The molecule has 3 aromatic rings. The van der Waals surface area contributed by atoms with Gasteiger partial charge in [0.15, 0.2) is 0 Å². The lowest BCUT2D eigenvalue weighted by Crippen LogP contribution is -2.34. The van der Waals surface area contributed by atoms with Gasteiger partial charge >= 0.3 is 0 Å². The number of fused-ring (bicyclic) bond motifs is 1. The van der Waals surface area contributed by atoms with Crippen molar-refractivity contribution in [3.05, 3.63) is 53.6 Å². The summed E-state index contributed by atoms with van der Waals surface area (Å²) in [6, 6.07) is 15.8. The van der Waals surface area contributed by atoms with Gasteiger partial charge in [-0.15, -0.1) is 0 Å². The van der Waals surface area contributed by atoms with Gasteiger partial charge in [-0.05, 0) is 87.4 Å². The molecule has 1 amide bonds. The fourth-order valence-electron chi connectivity index (χ4n) is 5.25. The summed E-state index contributed by atoms with van der Waals surface area (Å²) in [7, 11) is 0. The fourth-order valence-corrected chi connectivity index (χ4v) is 5.25. The quantitative estimate of drug-likeness (QED) is 0.221. The predicted octanol–water partition coefficient (Wildman–Crippen LogP) is 8.45. The molecule has 1 aliphatic rings. The van der Waals surface area contributed by atoms with Crippen molar-refractivity contribution < 1.29 is 4.79 Å². The summed E-state index contributed by atoms with van der Waals surface area (Å²) in [5, 5.41) is 12.7. The normalized spacial score (nSPS) is 13.5. The number of rotatable bonds is 12. The number of benzene rings is 2. The predicted molar refractivity (Wildman–Crippen MR) is 176 cm³/mol. The number of carbonyl (C=O) groups is 1. The maximum Gasteiger partial charge on any atom is 0.253 e. The monoisotopic (exact) mass is 571 g/mol. The standard InChI is InChI=1S/C30H40N4O.C6H13N/c1-6-7-8-16-34-28-20-26(30(35)33(17-14-22(2)3)18-15-23(4)5)12-13-27(28)32-29(34)25-11-9-10-24(19-25)21-31;1-2-4-6-7-5-3-1/h9-13,19-20,22-23H,6-8,14-18H2,1-5H3;7H,1-6H2. The Morgan fingerprint density at radius 2 is 1.67 bits per heavy atom. The number of hydrogen-bond acceptors (Lipinski definition) is 4. The molecule has 228 valence electrons. The van der Waals surface area contributed by atoms with Crippen LogP contribution in [0.25, 0.3) is 22.4 Å². The van der Waals surface area contributed by atoms with Crippen LogP contribution in [-0.4, -0.2) is 46.5 Å². The third-order valence-electron chi connectivity index (χ3n) is 7.93. The first-order valence-electron chi connectivity index (χ1n) is 16.3. The number of hydrogen-bond donors (Lipinski definition) is 1. The third-order valence-corrected chi connectivity index (χ3v) is 7.93. The first-order valence-corrected chi connectivity index (χ1v) is 16.3. The minimum atomic E-state index is 0.0996. The summed E-state index contributed by atoms with van der Waals surface area (Å²) in [5.74, 6) is 2.06. The molecule has 0 aliphatic carbocycles. The van der Waals surface area contributed by atoms with Gasteiger partial charge in [0, 0.05) is 30.8 Å². The average molecular weight is 572 g/mol. The zero-order valence-electron chi connectivity index (χ0n) is 26.8. The van der Waals surface area contributed by atoms with Gasteiger partial charge in [0.2, 0.25) is 0 Å². The molecule has 0 radical (unpaired) electrons. The first kappa shape index (κ1) is 33.3. The van der Waals surface area contributed by atoms with Gasteiger partial charge in [-0.2, -0.15) is 5.26 Å². The maximum absolute atomic E-state index is 13.6. The van der Waals surface area contributed by atoms with Crippen molar-refractivity contribution in [3.8, 4) is 17.5 Å². The summed E-state index contributed by atoms with van der Waals surface area (Å²) in [4.78, 5) is 20.6. The number of nitriles is 1. The Morgan fingerprint density at radius 3 is 2.29 bits per heavy atom. The van der Waals surface area contributed by atoms with Gasteiger partial charge < -0.3 is 14.8 Å². The van der Waals surface area contributed by atoms with Gasteiger partial charge in [0.05, 0.1) is 22.7 Å². The highest BCUT2D eigenvalue weighted by molar-refractivity contribution is 5.98. The molecule has 0 spiro atoms. The van der Waals surface area contributed by atoms with E-state index in [4.69, 9.17) is 4.98 Å². The number of carbonyl (C=O) groups excluding carboxylic acids is 1. The minimum absolute atomic E-state index is 0.0996. The topological polar surface area (TPSA) is 74.0 Å². The Bertz CT molecular complexity index is 1250. The Hall–Kier alpha value is -3.17. The van der Waals surface area contributed by atoms with E-state index in [0.29, 0.717) is 17.4 Å². The van der Waals surface area contributed by atoms with Crippen LogP contribution in [0.4, 0.5) is 0 Å². The van der Waals surface area contributed by atoms with Crippen LogP contribution in [0.2, 0.25) is 0 Å². The van der Waals surface area contributed by atoms with E-state index in [1.54, 1.807) is 0 Å². The van der Waals surface area contributed by atoms with Crippen LogP contribution in [0.1, 0.15) is 108 Å². The van der Waals surface area contributed by atoms with E-state index < -0.39 is 0 Å². The van der Waals surface area contributed by atoms with Crippen molar-refractivity contribution in [1.82, 2.24) is 19.8 Å². The first-order chi connectivity index (χ1) is 20.3. The van der Waals surface area contributed by atoms with E-state index in [1.165, 1.54) is 38.8 Å². The van der Waals surface area contributed by atoms with Gasteiger partial charge in [-0.3, -0.25) is 4.79 Å². The van der Waals surface area contributed by atoms with E-state index in [9.17, 15) is 10.1 Å². The van der Waals surface area contributed by atoms with Gasteiger partial charge in [0.1, 0.15) is 5.82 Å². The van der Waals surface area contributed by atoms with Crippen molar-refractivity contribution in [2.24, 2.45) is 11.8 Å². The smallest absolute Gasteiger partial charge is 0.253 e. The van der Waals surface area contributed by atoms with Crippen LogP contribution in [0.15, 0.2) is 42.5 Å². The third kappa shape index (κ3) is 10.3.